The zero-order chi connectivity index (χ0) is 16.1. The number of esters is 1. The number of carboxylic acids is 1. The number of hydrogen-bond acceptors (Lipinski definition) is 8. The molecule has 1 unspecified atom stereocenters. The van der Waals surface area contributed by atoms with Crippen molar-refractivity contribution in [1.29, 1.82) is 0 Å². The van der Waals surface area contributed by atoms with Crippen molar-refractivity contribution < 1.29 is 43.5 Å². The van der Waals surface area contributed by atoms with Gasteiger partial charge in [-0.25, -0.2) is 14.4 Å². The van der Waals surface area contributed by atoms with Gasteiger partial charge in [-0.15, -0.1) is 0 Å². The van der Waals surface area contributed by atoms with Crippen molar-refractivity contribution in [3.8, 4) is 11.5 Å². The van der Waals surface area contributed by atoms with Crippen LogP contribution >= 0.6 is 0 Å². The summed E-state index contributed by atoms with van der Waals surface area (Å²) in [6.45, 7) is -0.660. The quantitative estimate of drug-likeness (QED) is 0.716. The van der Waals surface area contributed by atoms with Crippen molar-refractivity contribution in [2.75, 3.05) is 19.8 Å². The number of aromatic carboxylic acids is 1. The van der Waals surface area contributed by atoms with Gasteiger partial charge in [-0.1, -0.05) is 11.8 Å². The molecule has 0 radical (unpaired) electrons. The van der Waals surface area contributed by atoms with E-state index in [0.717, 1.165) is 12.1 Å². The van der Waals surface area contributed by atoms with Crippen LogP contribution in [0.1, 0.15) is 10.4 Å². The predicted molar refractivity (Wildman–Crippen MR) is 65.5 cm³/mol. The Kier molecular flexibility index (Phi) is 4.66. The fourth-order valence-corrected chi connectivity index (χ4v) is 1.58. The highest BCUT2D eigenvalue weighted by Gasteiger charge is 2.26. The fraction of sp³-hybridized carbons (Fsp3) is 0.308. The molecule has 1 aliphatic rings. The molecule has 2 rings (SSSR count). The molecule has 0 aliphatic carbocycles. The molecule has 1 aromatic carbocycles. The van der Waals surface area contributed by atoms with E-state index < -0.39 is 42.1 Å². The molecule has 0 spiro atoms. The third-order valence-corrected chi connectivity index (χ3v) is 2.62. The molecule has 1 heterocycles. The van der Waals surface area contributed by atoms with Crippen LogP contribution in [0.4, 0.5) is 4.79 Å². The van der Waals surface area contributed by atoms with Crippen LogP contribution in [0.2, 0.25) is 0 Å². The minimum Gasteiger partial charge on any atom is -0.872 e. The largest absolute Gasteiger partial charge is 0.872 e. The summed E-state index contributed by atoms with van der Waals surface area (Å²) in [6.07, 6.45) is -1.48. The predicted octanol–water partition coefficient (Wildman–Crippen LogP) is -0.0842. The van der Waals surface area contributed by atoms with Crippen LogP contribution in [0, 0.1) is 0 Å². The summed E-state index contributed by atoms with van der Waals surface area (Å²) in [5.41, 5.74) is -0.458. The summed E-state index contributed by atoms with van der Waals surface area (Å²) in [5, 5.41) is 20.0. The molecule has 0 aromatic heterocycles. The lowest BCUT2D eigenvalue weighted by Crippen LogP contribution is -2.23. The van der Waals surface area contributed by atoms with Crippen LogP contribution in [0.5, 0.6) is 11.5 Å². The van der Waals surface area contributed by atoms with Crippen molar-refractivity contribution in [2.24, 2.45) is 0 Å². The number of benzene rings is 1. The molecule has 1 fully saturated rings. The van der Waals surface area contributed by atoms with E-state index in [1.165, 1.54) is 6.07 Å². The normalized spacial score (nSPS) is 16.5. The summed E-state index contributed by atoms with van der Waals surface area (Å²) in [6, 6.07) is 3.29. The van der Waals surface area contributed by atoms with Gasteiger partial charge in [0.05, 0.1) is 5.56 Å². The summed E-state index contributed by atoms with van der Waals surface area (Å²) in [4.78, 5) is 32.9. The van der Waals surface area contributed by atoms with E-state index in [1.807, 2.05) is 0 Å². The Morgan fingerprint density at radius 2 is 2.18 bits per heavy atom. The first kappa shape index (κ1) is 15.4. The fourth-order valence-electron chi connectivity index (χ4n) is 1.58. The second-order valence-electron chi connectivity index (χ2n) is 4.24. The standard InChI is InChI=1S/C13H12O9/c14-10-2-1-7(3-9(10)12(16)17)19-6-11(15)20-4-8-5-21-13(18)22-8/h1-3,8,14H,4-6H2,(H,16,17)/p-1. The van der Waals surface area contributed by atoms with E-state index in [2.05, 4.69) is 9.47 Å². The van der Waals surface area contributed by atoms with Gasteiger partial charge in [0.15, 0.2) is 12.7 Å². The highest BCUT2D eigenvalue weighted by Crippen LogP contribution is 2.20. The minimum atomic E-state index is -1.39. The zero-order valence-corrected chi connectivity index (χ0v) is 11.1. The van der Waals surface area contributed by atoms with Gasteiger partial charge in [-0.2, -0.15) is 0 Å². The molecular weight excluding hydrogens is 300 g/mol. The molecular formula is C13H11O9-. The topological polar surface area (TPSA) is 131 Å². The van der Waals surface area contributed by atoms with Gasteiger partial charge in [0.25, 0.3) is 0 Å². The van der Waals surface area contributed by atoms with E-state index in [9.17, 15) is 19.5 Å². The first-order valence-electron chi connectivity index (χ1n) is 6.12. The smallest absolute Gasteiger partial charge is 0.508 e. The van der Waals surface area contributed by atoms with Gasteiger partial charge in [0.1, 0.15) is 19.0 Å². The Hall–Kier alpha value is -2.97. The first-order valence-corrected chi connectivity index (χ1v) is 6.12. The monoisotopic (exact) mass is 311 g/mol. The lowest BCUT2D eigenvalue weighted by Gasteiger charge is -2.12. The van der Waals surface area contributed by atoms with Crippen molar-refractivity contribution in [3.05, 3.63) is 23.8 Å². The summed E-state index contributed by atoms with van der Waals surface area (Å²) in [5.74, 6) is -2.75. The van der Waals surface area contributed by atoms with E-state index in [1.54, 1.807) is 0 Å². The number of hydrogen-bond donors (Lipinski definition) is 1. The number of carbonyl (C=O) groups excluding carboxylic acids is 2. The average Bonchev–Trinajstić information content (AvgIpc) is 2.89. The number of ether oxygens (including phenoxy) is 4. The van der Waals surface area contributed by atoms with Crippen LogP contribution in [0.3, 0.4) is 0 Å². The van der Waals surface area contributed by atoms with Crippen molar-refractivity contribution in [1.82, 2.24) is 0 Å². The molecule has 9 nitrogen and oxygen atoms in total. The molecule has 118 valence electrons. The van der Waals surface area contributed by atoms with Crippen LogP contribution < -0.4 is 9.84 Å². The Labute approximate surface area is 124 Å². The van der Waals surface area contributed by atoms with Crippen LogP contribution in [0.15, 0.2) is 18.2 Å². The van der Waals surface area contributed by atoms with E-state index in [0.29, 0.717) is 0 Å². The lowest BCUT2D eigenvalue weighted by atomic mass is 10.2. The summed E-state index contributed by atoms with van der Waals surface area (Å²) in [7, 11) is 0. The van der Waals surface area contributed by atoms with E-state index in [-0.39, 0.29) is 19.0 Å². The average molecular weight is 311 g/mol. The summed E-state index contributed by atoms with van der Waals surface area (Å²) < 4.78 is 19.0. The van der Waals surface area contributed by atoms with Gasteiger partial charge < -0.3 is 29.2 Å². The molecule has 9 heteroatoms. The van der Waals surface area contributed by atoms with Gasteiger partial charge in [-0.3, -0.25) is 0 Å². The van der Waals surface area contributed by atoms with Crippen LogP contribution in [-0.4, -0.2) is 49.1 Å². The Morgan fingerprint density at radius 3 is 2.82 bits per heavy atom. The highest BCUT2D eigenvalue weighted by molar-refractivity contribution is 5.91. The zero-order valence-electron chi connectivity index (χ0n) is 11.1. The van der Waals surface area contributed by atoms with E-state index in [4.69, 9.17) is 14.6 Å². The first-order chi connectivity index (χ1) is 10.5. The lowest BCUT2D eigenvalue weighted by molar-refractivity contribution is -0.268. The van der Waals surface area contributed by atoms with Crippen molar-refractivity contribution >= 4 is 18.1 Å². The maximum Gasteiger partial charge on any atom is 0.508 e. The van der Waals surface area contributed by atoms with Crippen LogP contribution in [-0.2, 0) is 19.0 Å². The van der Waals surface area contributed by atoms with Gasteiger partial charge in [0.2, 0.25) is 0 Å². The number of carboxylic acid groups (broad SMARTS) is 1. The maximum absolute atomic E-state index is 11.4. The van der Waals surface area contributed by atoms with E-state index >= 15 is 0 Å². The van der Waals surface area contributed by atoms with Gasteiger partial charge in [-0.05, 0) is 12.1 Å². The number of carbonyl (C=O) groups is 3. The SMILES string of the molecule is O=C(COc1ccc([O-])c(C(=O)O)c1)OCC1COC(=O)O1. The summed E-state index contributed by atoms with van der Waals surface area (Å²) >= 11 is 0. The molecule has 1 aromatic rings. The molecule has 1 saturated heterocycles. The molecule has 0 amide bonds. The third-order valence-electron chi connectivity index (χ3n) is 2.62. The molecule has 22 heavy (non-hydrogen) atoms. The maximum atomic E-state index is 11.4. The second kappa shape index (κ2) is 6.66. The third kappa shape index (κ3) is 4.01. The highest BCUT2D eigenvalue weighted by atomic mass is 16.8. The molecule has 1 N–H and O–H groups in total. The Morgan fingerprint density at radius 1 is 1.41 bits per heavy atom. The van der Waals surface area contributed by atoms with Crippen LogP contribution in [0.25, 0.3) is 0 Å². The molecule has 0 bridgehead atoms. The number of cyclic esters (lactones) is 2. The second-order valence-corrected chi connectivity index (χ2v) is 4.24. The van der Waals surface area contributed by atoms with Gasteiger partial charge in [0, 0.05) is 0 Å². The Bertz CT molecular complexity index is 595. The molecule has 0 saturated carbocycles. The van der Waals surface area contributed by atoms with Gasteiger partial charge >= 0.3 is 18.1 Å². The minimum absolute atomic E-state index is 0.0000951. The molecule has 1 aliphatic heterocycles. The number of rotatable bonds is 6. The Balaban J connectivity index is 1.80. The van der Waals surface area contributed by atoms with Crippen molar-refractivity contribution in [3.63, 3.8) is 0 Å². The van der Waals surface area contributed by atoms with Crippen molar-refractivity contribution in [2.45, 2.75) is 6.10 Å². The molecule has 1 atom stereocenters.